The van der Waals surface area contributed by atoms with Gasteiger partial charge in [0.1, 0.15) is 18.1 Å². The van der Waals surface area contributed by atoms with Crippen LogP contribution in [0, 0.1) is 6.92 Å². The van der Waals surface area contributed by atoms with Crippen LogP contribution >= 0.6 is 0 Å². The highest BCUT2D eigenvalue weighted by Crippen LogP contribution is 2.42. The standard InChI is InChI=1S/C31H33NO7/c1-4-38-26-18-22(11-14-25(26)33)28-27(30(35)31(36)32(28)15-8-16-37-3)29(34)24-13-12-23(17-20(24)2)39-19-21-9-6-5-7-10-21/h5-7,9-14,17-18,28,33-34H,4,8,15-16,19H2,1-3H3/t28-/m0/s1. The molecule has 8 heteroatoms. The first kappa shape index (κ1) is 27.7. The number of aliphatic hydroxyl groups is 1. The zero-order valence-electron chi connectivity index (χ0n) is 22.3. The molecule has 1 heterocycles. The molecule has 1 saturated heterocycles. The maximum Gasteiger partial charge on any atom is 0.295 e. The lowest BCUT2D eigenvalue weighted by Crippen LogP contribution is -2.31. The zero-order chi connectivity index (χ0) is 27.9. The number of hydrogen-bond donors (Lipinski definition) is 2. The summed E-state index contributed by atoms with van der Waals surface area (Å²) in [5.74, 6) is -0.962. The summed E-state index contributed by atoms with van der Waals surface area (Å²) in [6.07, 6.45) is 0.503. The SMILES string of the molecule is CCOc1cc([C@H]2C(=C(O)c3ccc(OCc4ccccc4)cc3C)C(=O)C(=O)N2CCCOC)ccc1O. The molecule has 0 radical (unpaired) electrons. The average molecular weight is 532 g/mol. The van der Waals surface area contributed by atoms with Gasteiger partial charge in [-0.1, -0.05) is 36.4 Å². The minimum Gasteiger partial charge on any atom is -0.507 e. The van der Waals surface area contributed by atoms with E-state index >= 15 is 0 Å². The summed E-state index contributed by atoms with van der Waals surface area (Å²) in [4.78, 5) is 27.9. The third-order valence-electron chi connectivity index (χ3n) is 6.59. The fourth-order valence-corrected chi connectivity index (χ4v) is 4.69. The quantitative estimate of drug-likeness (QED) is 0.153. The minimum atomic E-state index is -0.866. The second kappa shape index (κ2) is 12.5. The van der Waals surface area contributed by atoms with E-state index in [0.717, 1.165) is 5.56 Å². The summed E-state index contributed by atoms with van der Waals surface area (Å²) >= 11 is 0. The van der Waals surface area contributed by atoms with Crippen molar-refractivity contribution in [2.24, 2.45) is 0 Å². The fourth-order valence-electron chi connectivity index (χ4n) is 4.69. The molecule has 0 unspecified atom stereocenters. The number of carbonyl (C=O) groups is 2. The van der Waals surface area contributed by atoms with Crippen molar-refractivity contribution in [1.82, 2.24) is 4.90 Å². The van der Waals surface area contributed by atoms with E-state index in [9.17, 15) is 19.8 Å². The van der Waals surface area contributed by atoms with E-state index in [1.165, 1.54) is 11.0 Å². The smallest absolute Gasteiger partial charge is 0.295 e. The molecule has 0 spiro atoms. The molecule has 0 saturated carbocycles. The number of nitrogens with zero attached hydrogens (tertiary/aromatic N) is 1. The Bertz CT molecular complexity index is 1370. The van der Waals surface area contributed by atoms with Gasteiger partial charge in [0.2, 0.25) is 0 Å². The largest absolute Gasteiger partial charge is 0.507 e. The Labute approximate surface area is 228 Å². The van der Waals surface area contributed by atoms with Crippen molar-refractivity contribution in [3.8, 4) is 17.2 Å². The Kier molecular flexibility index (Phi) is 8.88. The molecule has 1 amide bonds. The number of aliphatic hydroxyl groups excluding tert-OH is 1. The maximum atomic E-state index is 13.3. The van der Waals surface area contributed by atoms with Crippen molar-refractivity contribution < 1.29 is 34.0 Å². The molecular formula is C31H33NO7. The van der Waals surface area contributed by atoms with Gasteiger partial charge in [-0.25, -0.2) is 0 Å². The van der Waals surface area contributed by atoms with Crippen LogP contribution in [0.5, 0.6) is 17.2 Å². The Hall–Kier alpha value is -4.30. The van der Waals surface area contributed by atoms with Crippen LogP contribution in [-0.4, -0.2) is 53.7 Å². The van der Waals surface area contributed by atoms with E-state index < -0.39 is 17.7 Å². The van der Waals surface area contributed by atoms with Gasteiger partial charge < -0.3 is 29.3 Å². The van der Waals surface area contributed by atoms with Gasteiger partial charge in [0, 0.05) is 25.8 Å². The molecule has 39 heavy (non-hydrogen) atoms. The molecule has 1 fully saturated rings. The van der Waals surface area contributed by atoms with Gasteiger partial charge in [-0.05, 0) is 67.3 Å². The molecule has 1 atom stereocenters. The van der Waals surface area contributed by atoms with E-state index in [4.69, 9.17) is 14.2 Å². The average Bonchev–Trinajstić information content (AvgIpc) is 3.19. The Balaban J connectivity index is 1.73. The number of carbonyl (C=O) groups excluding carboxylic acids is 2. The third kappa shape index (κ3) is 6.07. The lowest BCUT2D eigenvalue weighted by atomic mass is 9.93. The van der Waals surface area contributed by atoms with Crippen molar-refractivity contribution in [1.29, 1.82) is 0 Å². The summed E-state index contributed by atoms with van der Waals surface area (Å²) in [7, 11) is 1.57. The predicted molar refractivity (Wildman–Crippen MR) is 147 cm³/mol. The van der Waals surface area contributed by atoms with Crippen LogP contribution in [-0.2, 0) is 20.9 Å². The van der Waals surface area contributed by atoms with E-state index in [1.807, 2.05) is 37.3 Å². The van der Waals surface area contributed by atoms with Gasteiger partial charge in [0.25, 0.3) is 11.7 Å². The lowest BCUT2D eigenvalue weighted by molar-refractivity contribution is -0.140. The minimum absolute atomic E-state index is 0.0217. The molecule has 0 bridgehead atoms. The number of ether oxygens (including phenoxy) is 3. The van der Waals surface area contributed by atoms with E-state index in [-0.39, 0.29) is 29.4 Å². The van der Waals surface area contributed by atoms with Crippen molar-refractivity contribution in [3.05, 3.63) is 94.6 Å². The number of likely N-dealkylation sites (tertiary alicyclic amines) is 1. The maximum absolute atomic E-state index is 13.3. The van der Waals surface area contributed by atoms with Crippen LogP contribution < -0.4 is 9.47 Å². The van der Waals surface area contributed by atoms with Crippen LogP contribution in [0.2, 0.25) is 0 Å². The van der Waals surface area contributed by atoms with Gasteiger partial charge >= 0.3 is 0 Å². The zero-order valence-corrected chi connectivity index (χ0v) is 22.3. The summed E-state index contributed by atoms with van der Waals surface area (Å²) in [5, 5.41) is 21.7. The number of Topliss-reactive ketones (excluding diaryl/α,β-unsaturated/α-hetero) is 1. The Morgan fingerprint density at radius 3 is 2.46 bits per heavy atom. The van der Waals surface area contributed by atoms with Crippen LogP contribution in [0.15, 0.2) is 72.3 Å². The summed E-state index contributed by atoms with van der Waals surface area (Å²) in [5.41, 5.74) is 2.64. The number of hydrogen-bond acceptors (Lipinski definition) is 7. The van der Waals surface area contributed by atoms with Crippen molar-refractivity contribution in [3.63, 3.8) is 0 Å². The lowest BCUT2D eigenvalue weighted by Gasteiger charge is -2.26. The van der Waals surface area contributed by atoms with Gasteiger partial charge in [-0.2, -0.15) is 0 Å². The molecule has 1 aliphatic heterocycles. The molecule has 4 rings (SSSR count). The number of benzene rings is 3. The number of phenolic OH excluding ortho intramolecular Hbond substituents is 1. The molecule has 0 aliphatic carbocycles. The first-order chi connectivity index (χ1) is 18.8. The number of aryl methyl sites for hydroxylation is 1. The first-order valence-electron chi connectivity index (χ1n) is 12.9. The summed E-state index contributed by atoms with van der Waals surface area (Å²) in [6, 6.07) is 18.8. The number of rotatable bonds is 11. The van der Waals surface area contributed by atoms with Crippen LogP contribution in [0.3, 0.4) is 0 Å². The molecule has 2 N–H and O–H groups in total. The number of phenols is 1. The number of ketones is 1. The molecular weight excluding hydrogens is 498 g/mol. The second-order valence-corrected chi connectivity index (χ2v) is 9.25. The molecule has 8 nitrogen and oxygen atoms in total. The van der Waals surface area contributed by atoms with E-state index in [1.54, 1.807) is 44.4 Å². The molecule has 204 valence electrons. The highest BCUT2D eigenvalue weighted by Gasteiger charge is 2.46. The number of amides is 1. The summed E-state index contributed by atoms with van der Waals surface area (Å²) in [6.45, 7) is 4.96. The van der Waals surface area contributed by atoms with Crippen molar-refractivity contribution >= 4 is 17.4 Å². The highest BCUT2D eigenvalue weighted by molar-refractivity contribution is 6.46. The first-order valence-corrected chi connectivity index (χ1v) is 12.9. The van der Waals surface area contributed by atoms with Gasteiger partial charge in [-0.3, -0.25) is 9.59 Å². The van der Waals surface area contributed by atoms with Crippen LogP contribution in [0.25, 0.3) is 5.76 Å². The number of methoxy groups -OCH3 is 1. The van der Waals surface area contributed by atoms with E-state index in [0.29, 0.717) is 48.7 Å². The predicted octanol–water partition coefficient (Wildman–Crippen LogP) is 5.14. The third-order valence-corrected chi connectivity index (χ3v) is 6.59. The Morgan fingerprint density at radius 1 is 1.00 bits per heavy atom. The number of aromatic hydroxyl groups is 1. The molecule has 3 aromatic carbocycles. The van der Waals surface area contributed by atoms with Gasteiger partial charge in [0.05, 0.1) is 18.2 Å². The fraction of sp³-hybridized carbons (Fsp3) is 0.290. The highest BCUT2D eigenvalue weighted by atomic mass is 16.5. The van der Waals surface area contributed by atoms with Crippen molar-refractivity contribution in [2.45, 2.75) is 32.9 Å². The molecule has 0 aromatic heterocycles. The monoisotopic (exact) mass is 531 g/mol. The Morgan fingerprint density at radius 2 is 1.77 bits per heavy atom. The molecule has 3 aromatic rings. The normalized spacial score (nSPS) is 16.5. The van der Waals surface area contributed by atoms with Gasteiger partial charge in [0.15, 0.2) is 11.5 Å². The van der Waals surface area contributed by atoms with Crippen LogP contribution in [0.4, 0.5) is 0 Å². The second-order valence-electron chi connectivity index (χ2n) is 9.25. The molecule has 1 aliphatic rings. The van der Waals surface area contributed by atoms with Crippen molar-refractivity contribution in [2.75, 3.05) is 26.9 Å². The van der Waals surface area contributed by atoms with Crippen LogP contribution in [0.1, 0.15) is 41.6 Å². The topological polar surface area (TPSA) is 106 Å². The van der Waals surface area contributed by atoms with Gasteiger partial charge in [-0.15, -0.1) is 0 Å². The summed E-state index contributed by atoms with van der Waals surface area (Å²) < 4.78 is 16.6. The van der Waals surface area contributed by atoms with E-state index in [2.05, 4.69) is 0 Å².